The van der Waals surface area contributed by atoms with E-state index in [4.69, 9.17) is 21.4 Å². The van der Waals surface area contributed by atoms with Crippen molar-refractivity contribution in [2.45, 2.75) is 31.8 Å². The standard InChI is InChI=1S/C24H21ClO3/c1-24(15-16-3-2-4-21(25)13-16)12-11-20-14-19(9-10-22(20)28-24)17-5-7-18(8-6-17)23(26)27/h2-10,13-14H,11-12,15H2,1H3,(H,26,27)/t24-/m1/s1. The minimum absolute atomic E-state index is 0.262. The number of ether oxygens (including phenoxy) is 1. The zero-order valence-corrected chi connectivity index (χ0v) is 16.4. The van der Waals surface area contributed by atoms with E-state index in [1.807, 2.05) is 42.5 Å². The molecule has 3 aromatic carbocycles. The summed E-state index contributed by atoms with van der Waals surface area (Å²) in [4.78, 5) is 11.0. The van der Waals surface area contributed by atoms with Crippen molar-refractivity contribution in [3.8, 4) is 16.9 Å². The second-order valence-corrected chi connectivity index (χ2v) is 8.00. The normalized spacial score (nSPS) is 18.2. The van der Waals surface area contributed by atoms with Crippen LogP contribution in [0.3, 0.4) is 0 Å². The van der Waals surface area contributed by atoms with Crippen LogP contribution in [-0.2, 0) is 12.8 Å². The Labute approximate surface area is 169 Å². The van der Waals surface area contributed by atoms with Crippen molar-refractivity contribution >= 4 is 17.6 Å². The van der Waals surface area contributed by atoms with Gasteiger partial charge in [0.1, 0.15) is 11.4 Å². The summed E-state index contributed by atoms with van der Waals surface area (Å²) in [7, 11) is 0. The predicted molar refractivity (Wildman–Crippen MR) is 111 cm³/mol. The number of carboxylic acids is 1. The summed E-state index contributed by atoms with van der Waals surface area (Å²) in [6.07, 6.45) is 2.67. The Balaban J connectivity index is 1.55. The van der Waals surface area contributed by atoms with Crippen LogP contribution in [0.4, 0.5) is 0 Å². The third-order valence-corrected chi connectivity index (χ3v) is 5.51. The number of benzene rings is 3. The van der Waals surface area contributed by atoms with Crippen LogP contribution in [0.2, 0.25) is 5.02 Å². The van der Waals surface area contributed by atoms with Crippen molar-refractivity contribution in [1.82, 2.24) is 0 Å². The first kappa shape index (κ1) is 18.6. The first-order valence-corrected chi connectivity index (χ1v) is 9.70. The second kappa shape index (κ2) is 7.33. The molecule has 142 valence electrons. The number of hydrogen-bond donors (Lipinski definition) is 1. The Hall–Kier alpha value is -2.78. The third-order valence-electron chi connectivity index (χ3n) is 5.27. The number of aromatic carboxylic acids is 1. The molecule has 0 aliphatic carbocycles. The molecule has 28 heavy (non-hydrogen) atoms. The quantitative estimate of drug-likeness (QED) is 0.589. The van der Waals surface area contributed by atoms with Gasteiger partial charge in [-0.1, -0.05) is 41.9 Å². The Bertz CT molecular complexity index is 1030. The molecule has 0 radical (unpaired) electrons. The molecule has 3 nitrogen and oxygen atoms in total. The first-order valence-electron chi connectivity index (χ1n) is 9.32. The molecule has 0 spiro atoms. The molecule has 0 saturated heterocycles. The zero-order chi connectivity index (χ0) is 19.7. The zero-order valence-electron chi connectivity index (χ0n) is 15.6. The molecule has 1 N–H and O–H groups in total. The van der Waals surface area contributed by atoms with Gasteiger partial charge in [-0.15, -0.1) is 0 Å². The molecule has 4 rings (SSSR count). The van der Waals surface area contributed by atoms with E-state index in [0.717, 1.165) is 41.2 Å². The lowest BCUT2D eigenvalue weighted by molar-refractivity contribution is 0.0654. The smallest absolute Gasteiger partial charge is 0.335 e. The predicted octanol–water partition coefficient (Wildman–Crippen LogP) is 6.03. The van der Waals surface area contributed by atoms with Gasteiger partial charge in [0.2, 0.25) is 0 Å². The maximum Gasteiger partial charge on any atom is 0.335 e. The van der Waals surface area contributed by atoms with Gasteiger partial charge in [-0.25, -0.2) is 4.79 Å². The molecule has 1 heterocycles. The van der Waals surface area contributed by atoms with E-state index in [0.29, 0.717) is 5.56 Å². The van der Waals surface area contributed by atoms with E-state index < -0.39 is 5.97 Å². The summed E-state index contributed by atoms with van der Waals surface area (Å²) in [6.45, 7) is 2.15. The van der Waals surface area contributed by atoms with E-state index in [9.17, 15) is 4.79 Å². The SMILES string of the molecule is C[C@]1(Cc2cccc(Cl)c2)CCc2cc(-c3ccc(C(=O)O)cc3)ccc2O1. The van der Waals surface area contributed by atoms with Crippen LogP contribution in [-0.4, -0.2) is 16.7 Å². The van der Waals surface area contributed by atoms with Gasteiger partial charge in [-0.05, 0) is 78.4 Å². The van der Waals surface area contributed by atoms with Crippen molar-refractivity contribution in [1.29, 1.82) is 0 Å². The molecule has 1 aliphatic heterocycles. The molecule has 1 atom stereocenters. The maximum absolute atomic E-state index is 11.0. The van der Waals surface area contributed by atoms with E-state index in [2.05, 4.69) is 19.1 Å². The molecule has 1 aliphatic rings. The Morgan fingerprint density at radius 1 is 1.07 bits per heavy atom. The maximum atomic E-state index is 11.0. The molecule has 0 fully saturated rings. The molecular weight excluding hydrogens is 372 g/mol. The van der Waals surface area contributed by atoms with Gasteiger partial charge in [-0.2, -0.15) is 0 Å². The van der Waals surface area contributed by atoms with Crippen LogP contribution in [0.1, 0.15) is 34.8 Å². The molecule has 0 aromatic heterocycles. The van der Waals surface area contributed by atoms with Gasteiger partial charge in [0.15, 0.2) is 0 Å². The second-order valence-electron chi connectivity index (χ2n) is 7.56. The van der Waals surface area contributed by atoms with E-state index in [1.54, 1.807) is 12.1 Å². The Morgan fingerprint density at radius 2 is 1.82 bits per heavy atom. The van der Waals surface area contributed by atoms with E-state index in [1.165, 1.54) is 11.1 Å². The largest absolute Gasteiger partial charge is 0.487 e. The topological polar surface area (TPSA) is 46.5 Å². The highest BCUT2D eigenvalue weighted by molar-refractivity contribution is 6.30. The fourth-order valence-electron chi connectivity index (χ4n) is 3.78. The number of aryl methyl sites for hydroxylation is 1. The number of fused-ring (bicyclic) bond motifs is 1. The lowest BCUT2D eigenvalue weighted by Crippen LogP contribution is -2.38. The first-order chi connectivity index (χ1) is 13.4. The van der Waals surface area contributed by atoms with Gasteiger partial charge in [-0.3, -0.25) is 0 Å². The van der Waals surface area contributed by atoms with E-state index >= 15 is 0 Å². The fourth-order valence-corrected chi connectivity index (χ4v) is 3.99. The van der Waals surface area contributed by atoms with Gasteiger partial charge >= 0.3 is 5.97 Å². The summed E-state index contributed by atoms with van der Waals surface area (Å²) in [5, 5.41) is 9.80. The number of carbonyl (C=O) groups is 1. The average molecular weight is 393 g/mol. The van der Waals surface area contributed by atoms with Crippen LogP contribution in [0.5, 0.6) is 5.75 Å². The summed E-state index contributed by atoms with van der Waals surface area (Å²) >= 11 is 6.12. The summed E-state index contributed by atoms with van der Waals surface area (Å²) < 4.78 is 6.38. The number of carboxylic acid groups (broad SMARTS) is 1. The van der Waals surface area contributed by atoms with Gasteiger partial charge in [0.25, 0.3) is 0 Å². The van der Waals surface area contributed by atoms with Crippen molar-refractivity contribution in [3.63, 3.8) is 0 Å². The fraction of sp³-hybridized carbons (Fsp3) is 0.208. The minimum atomic E-state index is -0.913. The summed E-state index contributed by atoms with van der Waals surface area (Å²) in [5.74, 6) is 0.00562. The van der Waals surface area contributed by atoms with Crippen LogP contribution in [0, 0.1) is 0 Å². The Morgan fingerprint density at radius 3 is 2.54 bits per heavy atom. The van der Waals surface area contributed by atoms with Gasteiger partial charge < -0.3 is 9.84 Å². The monoisotopic (exact) mass is 392 g/mol. The number of rotatable bonds is 4. The molecule has 0 bridgehead atoms. The molecule has 0 amide bonds. The molecule has 0 saturated carbocycles. The minimum Gasteiger partial charge on any atom is -0.487 e. The highest BCUT2D eigenvalue weighted by atomic mass is 35.5. The van der Waals surface area contributed by atoms with Crippen molar-refractivity contribution < 1.29 is 14.6 Å². The van der Waals surface area contributed by atoms with Crippen LogP contribution in [0.25, 0.3) is 11.1 Å². The van der Waals surface area contributed by atoms with Crippen molar-refractivity contribution in [2.24, 2.45) is 0 Å². The number of hydrogen-bond acceptors (Lipinski definition) is 2. The lowest BCUT2D eigenvalue weighted by atomic mass is 9.86. The van der Waals surface area contributed by atoms with Gasteiger partial charge in [0, 0.05) is 11.4 Å². The van der Waals surface area contributed by atoms with Crippen LogP contribution in [0.15, 0.2) is 66.7 Å². The van der Waals surface area contributed by atoms with Crippen LogP contribution < -0.4 is 4.74 Å². The van der Waals surface area contributed by atoms with Crippen molar-refractivity contribution in [3.05, 3.63) is 88.4 Å². The summed E-state index contributed by atoms with van der Waals surface area (Å²) in [5.41, 5.74) is 4.46. The van der Waals surface area contributed by atoms with E-state index in [-0.39, 0.29) is 5.60 Å². The number of halogens is 1. The summed E-state index contributed by atoms with van der Waals surface area (Å²) in [6, 6.07) is 21.1. The molecular formula is C24H21ClO3. The lowest BCUT2D eigenvalue weighted by Gasteiger charge is -2.36. The Kier molecular flexibility index (Phi) is 4.86. The molecule has 0 unspecified atom stereocenters. The van der Waals surface area contributed by atoms with Gasteiger partial charge in [0.05, 0.1) is 5.56 Å². The highest BCUT2D eigenvalue weighted by Crippen LogP contribution is 2.37. The highest BCUT2D eigenvalue weighted by Gasteiger charge is 2.32. The molecule has 4 heteroatoms. The van der Waals surface area contributed by atoms with Crippen LogP contribution >= 0.6 is 11.6 Å². The van der Waals surface area contributed by atoms with Crippen molar-refractivity contribution in [2.75, 3.05) is 0 Å². The third kappa shape index (κ3) is 3.90. The average Bonchev–Trinajstić information content (AvgIpc) is 2.67. The molecule has 3 aromatic rings.